The monoisotopic (exact) mass is 408 g/mol. The van der Waals surface area contributed by atoms with Crippen LogP contribution in [0.15, 0.2) is 24.3 Å². The molecular weight excluding hydrogens is 376 g/mol. The average Bonchev–Trinajstić information content (AvgIpc) is 2.59. The zero-order chi connectivity index (χ0) is 22.2. The van der Waals surface area contributed by atoms with Gasteiger partial charge in [-0.25, -0.2) is 9.59 Å². The number of rotatable bonds is 8. The zero-order valence-corrected chi connectivity index (χ0v) is 17.9. The van der Waals surface area contributed by atoms with Gasteiger partial charge in [-0.15, -0.1) is 0 Å². The van der Waals surface area contributed by atoms with Gasteiger partial charge in [-0.05, 0) is 51.3 Å². The molecule has 2 atom stereocenters. The standard InChI is InChI=1S/C21H32N2O6/c1-7-28-19(26)16(12-14-8-10-15(24)11-9-14)22-18(25)17(13(2)3)23-20(27)29-21(4,5)6/h8-11,13,16-17,24H,7,12H2,1-6H3,(H,22,25)(H,23,27). The highest BCUT2D eigenvalue weighted by atomic mass is 16.6. The summed E-state index contributed by atoms with van der Waals surface area (Å²) in [6.07, 6.45) is -0.528. The molecule has 0 saturated heterocycles. The van der Waals surface area contributed by atoms with Crippen LogP contribution in [0.4, 0.5) is 4.79 Å². The molecule has 162 valence electrons. The summed E-state index contributed by atoms with van der Waals surface area (Å²) >= 11 is 0. The predicted octanol–water partition coefficient (Wildman–Crippen LogP) is 2.53. The number of amides is 2. The van der Waals surface area contributed by atoms with E-state index in [-0.39, 0.29) is 24.7 Å². The Morgan fingerprint density at radius 3 is 2.14 bits per heavy atom. The molecule has 1 rings (SSSR count). The number of ether oxygens (including phenoxy) is 2. The van der Waals surface area contributed by atoms with Crippen molar-refractivity contribution in [3.8, 4) is 5.75 Å². The van der Waals surface area contributed by atoms with E-state index in [0.29, 0.717) is 0 Å². The number of alkyl carbamates (subject to hydrolysis) is 1. The maximum atomic E-state index is 12.8. The topological polar surface area (TPSA) is 114 Å². The van der Waals surface area contributed by atoms with E-state index < -0.39 is 35.7 Å². The van der Waals surface area contributed by atoms with Gasteiger partial charge in [0.2, 0.25) is 5.91 Å². The first kappa shape index (κ1) is 24.3. The smallest absolute Gasteiger partial charge is 0.408 e. The molecule has 0 fully saturated rings. The van der Waals surface area contributed by atoms with Crippen molar-refractivity contribution in [1.29, 1.82) is 0 Å². The molecular formula is C21H32N2O6. The second-order valence-corrected chi connectivity index (χ2v) is 8.05. The summed E-state index contributed by atoms with van der Waals surface area (Å²) in [6.45, 7) is 10.6. The van der Waals surface area contributed by atoms with Crippen molar-refractivity contribution in [1.82, 2.24) is 10.6 Å². The van der Waals surface area contributed by atoms with Crippen LogP contribution in [0.3, 0.4) is 0 Å². The second kappa shape index (κ2) is 10.7. The number of hydrogen-bond acceptors (Lipinski definition) is 6. The first-order valence-corrected chi connectivity index (χ1v) is 9.67. The third kappa shape index (κ3) is 8.85. The maximum absolute atomic E-state index is 12.8. The van der Waals surface area contributed by atoms with Crippen LogP contribution in [0.2, 0.25) is 0 Å². The summed E-state index contributed by atoms with van der Waals surface area (Å²) in [5, 5.41) is 14.6. The molecule has 0 bridgehead atoms. The van der Waals surface area contributed by atoms with Crippen molar-refractivity contribution >= 4 is 18.0 Å². The lowest BCUT2D eigenvalue weighted by molar-refractivity contribution is -0.147. The number of phenols is 1. The molecule has 0 radical (unpaired) electrons. The third-order valence-electron chi connectivity index (χ3n) is 3.89. The largest absolute Gasteiger partial charge is 0.508 e. The van der Waals surface area contributed by atoms with E-state index in [0.717, 1.165) is 5.56 Å². The number of hydrogen-bond donors (Lipinski definition) is 3. The van der Waals surface area contributed by atoms with Crippen molar-refractivity contribution in [2.45, 2.75) is 65.6 Å². The molecule has 0 heterocycles. The number of phenolic OH excluding ortho intramolecular Hbond substituents is 1. The summed E-state index contributed by atoms with van der Waals surface area (Å²) in [4.78, 5) is 37.3. The van der Waals surface area contributed by atoms with Gasteiger partial charge in [-0.3, -0.25) is 4.79 Å². The number of benzene rings is 1. The van der Waals surface area contributed by atoms with Gasteiger partial charge in [-0.1, -0.05) is 26.0 Å². The number of nitrogens with one attached hydrogen (secondary N) is 2. The minimum absolute atomic E-state index is 0.104. The molecule has 0 saturated carbocycles. The molecule has 0 aliphatic rings. The van der Waals surface area contributed by atoms with Crippen LogP contribution in [0.25, 0.3) is 0 Å². The summed E-state index contributed by atoms with van der Waals surface area (Å²) in [5.41, 5.74) is 0.0383. The fourth-order valence-corrected chi connectivity index (χ4v) is 2.53. The zero-order valence-electron chi connectivity index (χ0n) is 17.9. The molecule has 8 nitrogen and oxygen atoms in total. The highest BCUT2D eigenvalue weighted by Gasteiger charge is 2.31. The van der Waals surface area contributed by atoms with Crippen LogP contribution in [0.1, 0.15) is 47.1 Å². The third-order valence-corrected chi connectivity index (χ3v) is 3.89. The fraction of sp³-hybridized carbons (Fsp3) is 0.571. The molecule has 3 N–H and O–H groups in total. The number of carbonyl (C=O) groups is 3. The van der Waals surface area contributed by atoms with E-state index >= 15 is 0 Å². The van der Waals surface area contributed by atoms with Crippen LogP contribution < -0.4 is 10.6 Å². The van der Waals surface area contributed by atoms with Crippen molar-refractivity contribution < 1.29 is 29.0 Å². The van der Waals surface area contributed by atoms with Crippen molar-refractivity contribution in [2.24, 2.45) is 5.92 Å². The molecule has 0 aromatic heterocycles. The van der Waals surface area contributed by atoms with Gasteiger partial charge in [-0.2, -0.15) is 0 Å². The normalized spacial score (nSPS) is 13.3. The Morgan fingerprint density at radius 2 is 1.66 bits per heavy atom. The molecule has 29 heavy (non-hydrogen) atoms. The molecule has 0 spiro atoms. The summed E-state index contributed by atoms with van der Waals surface area (Å²) in [5.74, 6) is -1.22. The Morgan fingerprint density at radius 1 is 1.07 bits per heavy atom. The lowest BCUT2D eigenvalue weighted by Gasteiger charge is -2.26. The molecule has 0 aliphatic heterocycles. The van der Waals surface area contributed by atoms with Crippen molar-refractivity contribution in [3.05, 3.63) is 29.8 Å². The van der Waals surface area contributed by atoms with Gasteiger partial charge in [0, 0.05) is 6.42 Å². The van der Waals surface area contributed by atoms with Gasteiger partial charge in [0.15, 0.2) is 0 Å². The maximum Gasteiger partial charge on any atom is 0.408 e. The van der Waals surface area contributed by atoms with E-state index in [1.54, 1.807) is 53.7 Å². The Labute approximate surface area is 172 Å². The Bertz CT molecular complexity index is 694. The lowest BCUT2D eigenvalue weighted by atomic mass is 10.0. The quantitative estimate of drug-likeness (QED) is 0.570. The van der Waals surface area contributed by atoms with E-state index in [1.165, 1.54) is 12.1 Å². The van der Waals surface area contributed by atoms with Crippen LogP contribution in [0.5, 0.6) is 5.75 Å². The predicted molar refractivity (Wildman–Crippen MR) is 108 cm³/mol. The fourth-order valence-electron chi connectivity index (χ4n) is 2.53. The van der Waals surface area contributed by atoms with E-state index in [4.69, 9.17) is 9.47 Å². The van der Waals surface area contributed by atoms with E-state index in [2.05, 4.69) is 10.6 Å². The lowest BCUT2D eigenvalue weighted by Crippen LogP contribution is -2.55. The second-order valence-electron chi connectivity index (χ2n) is 8.05. The molecule has 2 amide bonds. The van der Waals surface area contributed by atoms with Gasteiger partial charge < -0.3 is 25.2 Å². The Hall–Kier alpha value is -2.77. The Balaban J connectivity index is 2.92. The van der Waals surface area contributed by atoms with Crippen LogP contribution >= 0.6 is 0 Å². The first-order valence-electron chi connectivity index (χ1n) is 9.67. The average molecular weight is 408 g/mol. The van der Waals surface area contributed by atoms with Crippen molar-refractivity contribution in [2.75, 3.05) is 6.61 Å². The molecule has 1 aromatic rings. The van der Waals surface area contributed by atoms with Crippen molar-refractivity contribution in [3.63, 3.8) is 0 Å². The summed E-state index contributed by atoms with van der Waals surface area (Å²) < 4.78 is 10.3. The molecule has 8 heteroatoms. The number of aromatic hydroxyl groups is 1. The number of esters is 1. The van der Waals surface area contributed by atoms with E-state index in [1.807, 2.05) is 0 Å². The van der Waals surface area contributed by atoms with Crippen LogP contribution in [0, 0.1) is 5.92 Å². The van der Waals surface area contributed by atoms with E-state index in [9.17, 15) is 19.5 Å². The van der Waals surface area contributed by atoms with Gasteiger partial charge >= 0.3 is 12.1 Å². The van der Waals surface area contributed by atoms with Crippen LogP contribution in [-0.2, 0) is 25.5 Å². The summed E-state index contributed by atoms with van der Waals surface area (Å²) in [7, 11) is 0. The molecule has 0 aliphatic carbocycles. The molecule has 2 unspecified atom stereocenters. The first-order chi connectivity index (χ1) is 13.4. The summed E-state index contributed by atoms with van der Waals surface area (Å²) in [6, 6.07) is 4.50. The minimum Gasteiger partial charge on any atom is -0.508 e. The SMILES string of the molecule is CCOC(=O)C(Cc1ccc(O)cc1)NC(=O)C(NC(=O)OC(C)(C)C)C(C)C. The van der Waals surface area contributed by atoms with Gasteiger partial charge in [0.25, 0.3) is 0 Å². The Kier molecular flexibility index (Phi) is 8.94. The van der Waals surface area contributed by atoms with Gasteiger partial charge in [0.05, 0.1) is 6.61 Å². The van der Waals surface area contributed by atoms with Crippen LogP contribution in [-0.4, -0.2) is 47.4 Å². The highest BCUT2D eigenvalue weighted by molar-refractivity contribution is 5.90. The molecule has 1 aromatic carbocycles. The number of carbonyl (C=O) groups excluding carboxylic acids is 3. The van der Waals surface area contributed by atoms with Gasteiger partial charge in [0.1, 0.15) is 23.4 Å². The highest BCUT2D eigenvalue weighted by Crippen LogP contribution is 2.13. The minimum atomic E-state index is -0.936.